The number of piperidine rings is 3. The summed E-state index contributed by atoms with van der Waals surface area (Å²) in [5.74, 6) is 0.0286. The number of benzene rings is 1. The van der Waals surface area contributed by atoms with E-state index in [-0.39, 0.29) is 24.1 Å². The van der Waals surface area contributed by atoms with Gasteiger partial charge in [-0.25, -0.2) is 0 Å². The number of carbonyl (C=O) groups is 3. The third-order valence-electron chi connectivity index (χ3n) is 7.11. The van der Waals surface area contributed by atoms with Crippen molar-refractivity contribution in [1.29, 1.82) is 0 Å². The molecule has 0 radical (unpaired) electrons. The number of fused-ring (bicyclic) bond motifs is 2. The zero-order chi connectivity index (χ0) is 20.0. The Morgan fingerprint density at radius 2 is 2.00 bits per heavy atom. The Morgan fingerprint density at radius 3 is 2.86 bits per heavy atom. The minimum atomic E-state index is -0.552. The van der Waals surface area contributed by atoms with E-state index in [1.165, 1.54) is 24.8 Å². The van der Waals surface area contributed by atoms with Crippen molar-refractivity contribution in [2.24, 2.45) is 5.92 Å². The Labute approximate surface area is 170 Å². The average Bonchev–Trinajstić information content (AvgIpc) is 3.06. The Bertz CT molecular complexity index is 852. The van der Waals surface area contributed by atoms with Crippen LogP contribution in [0.15, 0.2) is 18.2 Å². The van der Waals surface area contributed by atoms with Crippen molar-refractivity contribution in [2.45, 2.75) is 57.3 Å². The fourth-order valence-electron chi connectivity index (χ4n) is 5.62. The standard InChI is InChI=1S/C22H28N4O3/c27-20-7-6-19(21(28)24-20)26-13-17-15(3-1-5-16(17)22(26)29)12-25-10-2-4-14-11-23-9-8-18(14)25/h1,3,5,14,18-19,23H,2,4,6-13H2,(H,24,27,28)/t14-,18-,19?/m0/s1. The first-order valence-corrected chi connectivity index (χ1v) is 10.8. The largest absolute Gasteiger partial charge is 0.322 e. The zero-order valence-electron chi connectivity index (χ0n) is 16.7. The number of nitrogens with zero attached hydrogens (tertiary/aromatic N) is 2. The highest BCUT2D eigenvalue weighted by molar-refractivity contribution is 6.05. The van der Waals surface area contributed by atoms with E-state index in [0.29, 0.717) is 24.6 Å². The van der Waals surface area contributed by atoms with Gasteiger partial charge in [-0.05, 0) is 68.4 Å². The number of amides is 3. The molecule has 4 aliphatic rings. The van der Waals surface area contributed by atoms with Crippen LogP contribution in [0.4, 0.5) is 0 Å². The van der Waals surface area contributed by atoms with Gasteiger partial charge in [-0.3, -0.25) is 24.6 Å². The molecule has 2 N–H and O–H groups in total. The van der Waals surface area contributed by atoms with Crippen LogP contribution in [0.5, 0.6) is 0 Å². The summed E-state index contributed by atoms with van der Waals surface area (Å²) in [6.45, 7) is 4.61. The summed E-state index contributed by atoms with van der Waals surface area (Å²) >= 11 is 0. The number of hydrogen-bond donors (Lipinski definition) is 2. The SMILES string of the molecule is O=C1CCC(N2Cc3c(CN4CCC[C@H]5CNCC[C@@H]54)cccc3C2=O)C(=O)N1. The van der Waals surface area contributed by atoms with Crippen molar-refractivity contribution in [3.63, 3.8) is 0 Å². The predicted octanol–water partition coefficient (Wildman–Crippen LogP) is 1.02. The molecule has 4 heterocycles. The molecule has 3 amide bonds. The zero-order valence-corrected chi connectivity index (χ0v) is 16.7. The second-order valence-corrected chi connectivity index (χ2v) is 8.78. The van der Waals surface area contributed by atoms with Gasteiger partial charge < -0.3 is 10.2 Å². The predicted molar refractivity (Wildman–Crippen MR) is 107 cm³/mol. The van der Waals surface area contributed by atoms with Crippen molar-refractivity contribution in [1.82, 2.24) is 20.4 Å². The maximum atomic E-state index is 13.0. The van der Waals surface area contributed by atoms with Gasteiger partial charge in [-0.1, -0.05) is 12.1 Å². The van der Waals surface area contributed by atoms with E-state index in [0.717, 1.165) is 37.7 Å². The molecule has 0 aliphatic carbocycles. The molecule has 0 spiro atoms. The van der Waals surface area contributed by atoms with Gasteiger partial charge in [0.25, 0.3) is 5.91 Å². The number of imide groups is 1. The van der Waals surface area contributed by atoms with Crippen molar-refractivity contribution in [3.05, 3.63) is 34.9 Å². The van der Waals surface area contributed by atoms with Gasteiger partial charge in [0.2, 0.25) is 11.8 Å². The van der Waals surface area contributed by atoms with Gasteiger partial charge in [0.15, 0.2) is 0 Å². The lowest BCUT2D eigenvalue weighted by Gasteiger charge is -2.44. The second-order valence-electron chi connectivity index (χ2n) is 8.78. The first-order chi connectivity index (χ1) is 14.1. The van der Waals surface area contributed by atoms with Crippen molar-refractivity contribution in [3.8, 4) is 0 Å². The lowest BCUT2D eigenvalue weighted by molar-refractivity contribution is -0.136. The maximum absolute atomic E-state index is 13.0. The number of likely N-dealkylation sites (tertiary alicyclic amines) is 1. The van der Waals surface area contributed by atoms with E-state index >= 15 is 0 Å². The van der Waals surface area contributed by atoms with Crippen LogP contribution in [0.2, 0.25) is 0 Å². The molecule has 4 aliphatic heterocycles. The Morgan fingerprint density at radius 1 is 1.10 bits per heavy atom. The van der Waals surface area contributed by atoms with E-state index in [4.69, 9.17) is 0 Å². The van der Waals surface area contributed by atoms with Gasteiger partial charge in [0.1, 0.15) is 6.04 Å². The van der Waals surface area contributed by atoms with Crippen LogP contribution >= 0.6 is 0 Å². The van der Waals surface area contributed by atoms with Gasteiger partial charge in [-0.15, -0.1) is 0 Å². The van der Waals surface area contributed by atoms with Crippen LogP contribution in [0.3, 0.4) is 0 Å². The molecule has 154 valence electrons. The number of hydrogen-bond acceptors (Lipinski definition) is 5. The molecule has 5 rings (SSSR count). The van der Waals surface area contributed by atoms with Crippen LogP contribution in [0.25, 0.3) is 0 Å². The molecule has 1 aromatic rings. The fraction of sp³-hybridized carbons (Fsp3) is 0.591. The molecule has 3 fully saturated rings. The molecular weight excluding hydrogens is 368 g/mol. The van der Waals surface area contributed by atoms with Crippen LogP contribution in [-0.2, 0) is 22.7 Å². The molecule has 0 bridgehead atoms. The Kier molecular flexibility index (Phi) is 4.87. The van der Waals surface area contributed by atoms with Gasteiger partial charge in [0.05, 0.1) is 0 Å². The normalized spacial score (nSPS) is 30.1. The molecule has 3 atom stereocenters. The third kappa shape index (κ3) is 3.36. The highest BCUT2D eigenvalue weighted by atomic mass is 16.2. The molecule has 7 nitrogen and oxygen atoms in total. The Hall–Kier alpha value is -2.25. The van der Waals surface area contributed by atoms with Crippen molar-refractivity contribution in [2.75, 3.05) is 19.6 Å². The minimum Gasteiger partial charge on any atom is -0.322 e. The lowest BCUT2D eigenvalue weighted by Crippen LogP contribution is -2.52. The van der Waals surface area contributed by atoms with Crippen LogP contribution in [-0.4, -0.2) is 59.2 Å². The Balaban J connectivity index is 1.37. The second kappa shape index (κ2) is 7.54. The molecule has 3 saturated heterocycles. The molecule has 1 unspecified atom stereocenters. The molecule has 0 aromatic heterocycles. The molecule has 29 heavy (non-hydrogen) atoms. The van der Waals surface area contributed by atoms with E-state index in [9.17, 15) is 14.4 Å². The van der Waals surface area contributed by atoms with Crippen LogP contribution in [0, 0.1) is 5.92 Å². The number of carbonyl (C=O) groups excluding carboxylic acids is 3. The van der Waals surface area contributed by atoms with E-state index < -0.39 is 6.04 Å². The molecule has 1 aromatic carbocycles. The highest BCUT2D eigenvalue weighted by Gasteiger charge is 2.40. The summed E-state index contributed by atoms with van der Waals surface area (Å²) < 4.78 is 0. The van der Waals surface area contributed by atoms with E-state index in [1.807, 2.05) is 12.1 Å². The summed E-state index contributed by atoms with van der Waals surface area (Å²) in [5, 5.41) is 5.90. The minimum absolute atomic E-state index is 0.0882. The lowest BCUT2D eigenvalue weighted by atomic mass is 9.84. The average molecular weight is 396 g/mol. The van der Waals surface area contributed by atoms with Crippen molar-refractivity contribution >= 4 is 17.7 Å². The highest BCUT2D eigenvalue weighted by Crippen LogP contribution is 2.33. The van der Waals surface area contributed by atoms with Gasteiger partial charge in [-0.2, -0.15) is 0 Å². The topological polar surface area (TPSA) is 81.8 Å². The molecular formula is C22H28N4O3. The summed E-state index contributed by atoms with van der Waals surface area (Å²) in [4.78, 5) is 41.1. The number of nitrogens with one attached hydrogen (secondary N) is 2. The number of rotatable bonds is 3. The quantitative estimate of drug-likeness (QED) is 0.746. The summed E-state index contributed by atoms with van der Waals surface area (Å²) in [6, 6.07) is 6.03. The molecule has 0 saturated carbocycles. The summed E-state index contributed by atoms with van der Waals surface area (Å²) in [6.07, 6.45) is 4.39. The summed E-state index contributed by atoms with van der Waals surface area (Å²) in [7, 11) is 0. The van der Waals surface area contributed by atoms with E-state index in [2.05, 4.69) is 21.6 Å². The van der Waals surface area contributed by atoms with Gasteiger partial charge in [0, 0.05) is 31.1 Å². The van der Waals surface area contributed by atoms with Crippen molar-refractivity contribution < 1.29 is 14.4 Å². The molecule has 7 heteroatoms. The van der Waals surface area contributed by atoms with E-state index in [1.54, 1.807) is 4.90 Å². The summed E-state index contributed by atoms with van der Waals surface area (Å²) in [5.41, 5.74) is 2.97. The van der Waals surface area contributed by atoms with Crippen LogP contribution in [0.1, 0.15) is 53.6 Å². The maximum Gasteiger partial charge on any atom is 0.255 e. The first kappa shape index (κ1) is 18.8. The van der Waals surface area contributed by atoms with Gasteiger partial charge >= 0.3 is 0 Å². The fourth-order valence-corrected chi connectivity index (χ4v) is 5.62. The smallest absolute Gasteiger partial charge is 0.255 e. The monoisotopic (exact) mass is 396 g/mol. The first-order valence-electron chi connectivity index (χ1n) is 10.8. The third-order valence-corrected chi connectivity index (χ3v) is 7.11. The van der Waals surface area contributed by atoms with Crippen LogP contribution < -0.4 is 10.6 Å².